The highest BCUT2D eigenvalue weighted by molar-refractivity contribution is 6.32. The lowest BCUT2D eigenvalue weighted by atomic mass is 9.71. The fourth-order valence-corrected chi connectivity index (χ4v) is 3.33. The van der Waals surface area contributed by atoms with Gasteiger partial charge in [0, 0.05) is 17.8 Å². The van der Waals surface area contributed by atoms with E-state index in [0.717, 1.165) is 24.4 Å². The van der Waals surface area contributed by atoms with Crippen molar-refractivity contribution in [3.63, 3.8) is 0 Å². The third kappa shape index (κ3) is 4.10. The predicted molar refractivity (Wildman–Crippen MR) is 86.9 cm³/mol. The van der Waals surface area contributed by atoms with Crippen molar-refractivity contribution in [3.8, 4) is 0 Å². The van der Waals surface area contributed by atoms with Gasteiger partial charge in [0.1, 0.15) is 5.02 Å². The van der Waals surface area contributed by atoms with Crippen molar-refractivity contribution < 1.29 is 4.92 Å². The first-order valence-electron chi connectivity index (χ1n) is 7.48. The van der Waals surface area contributed by atoms with E-state index in [4.69, 9.17) is 11.6 Å². The Morgan fingerprint density at radius 1 is 1.24 bits per heavy atom. The summed E-state index contributed by atoms with van der Waals surface area (Å²) in [4.78, 5) is 10.3. The standard InChI is InChI=1S/C16H23ClN2O2/c1-16(2,3)11-4-6-12(7-5-11)18-13-8-9-15(19(20)21)14(17)10-13/h8-12,18H,4-7H2,1-3H3. The second-order valence-corrected chi connectivity index (χ2v) is 7.39. The van der Waals surface area contributed by atoms with Crippen LogP contribution in [0.2, 0.25) is 5.02 Å². The molecule has 0 radical (unpaired) electrons. The Labute approximate surface area is 131 Å². The van der Waals surface area contributed by atoms with E-state index in [0.29, 0.717) is 11.5 Å². The molecule has 0 aliphatic heterocycles. The Balaban J connectivity index is 1.95. The quantitative estimate of drug-likeness (QED) is 0.611. The summed E-state index contributed by atoms with van der Waals surface area (Å²) in [6.07, 6.45) is 4.72. The number of rotatable bonds is 3. The molecule has 116 valence electrons. The maximum absolute atomic E-state index is 10.8. The molecule has 0 bridgehead atoms. The number of anilines is 1. The molecule has 5 heteroatoms. The van der Waals surface area contributed by atoms with Crippen LogP contribution in [0.4, 0.5) is 11.4 Å². The van der Waals surface area contributed by atoms with E-state index in [1.165, 1.54) is 18.9 Å². The van der Waals surface area contributed by atoms with Crippen LogP contribution in [0.15, 0.2) is 18.2 Å². The molecule has 1 aliphatic rings. The second kappa shape index (κ2) is 6.22. The average Bonchev–Trinajstić information content (AvgIpc) is 2.38. The van der Waals surface area contributed by atoms with Crippen LogP contribution in [0.3, 0.4) is 0 Å². The number of hydrogen-bond donors (Lipinski definition) is 1. The van der Waals surface area contributed by atoms with Gasteiger partial charge in [-0.05, 0) is 49.1 Å². The summed E-state index contributed by atoms with van der Waals surface area (Å²) in [5.41, 5.74) is 1.20. The monoisotopic (exact) mass is 310 g/mol. The summed E-state index contributed by atoms with van der Waals surface area (Å²) in [5.74, 6) is 0.774. The fraction of sp³-hybridized carbons (Fsp3) is 0.625. The van der Waals surface area contributed by atoms with Crippen LogP contribution in [0.5, 0.6) is 0 Å². The van der Waals surface area contributed by atoms with Gasteiger partial charge in [-0.15, -0.1) is 0 Å². The third-order valence-corrected chi connectivity index (χ3v) is 4.77. The minimum absolute atomic E-state index is 0.0429. The van der Waals surface area contributed by atoms with Crippen LogP contribution in [0.25, 0.3) is 0 Å². The highest BCUT2D eigenvalue weighted by atomic mass is 35.5. The molecule has 4 nitrogen and oxygen atoms in total. The summed E-state index contributed by atoms with van der Waals surface area (Å²) in [6.45, 7) is 6.92. The summed E-state index contributed by atoms with van der Waals surface area (Å²) in [6, 6.07) is 5.28. The molecule has 1 aromatic carbocycles. The molecule has 0 spiro atoms. The van der Waals surface area contributed by atoms with Gasteiger partial charge < -0.3 is 5.32 Å². The Morgan fingerprint density at radius 3 is 2.33 bits per heavy atom. The summed E-state index contributed by atoms with van der Waals surface area (Å²) >= 11 is 5.94. The minimum Gasteiger partial charge on any atom is -0.382 e. The van der Waals surface area contributed by atoms with Gasteiger partial charge in [-0.3, -0.25) is 10.1 Å². The Bertz CT molecular complexity index is 517. The Kier molecular flexibility index (Phi) is 4.77. The molecule has 1 aliphatic carbocycles. The van der Waals surface area contributed by atoms with Gasteiger partial charge in [-0.1, -0.05) is 32.4 Å². The molecule has 1 N–H and O–H groups in total. The summed E-state index contributed by atoms with van der Waals surface area (Å²) in [7, 11) is 0. The number of hydrogen-bond acceptors (Lipinski definition) is 3. The Morgan fingerprint density at radius 2 is 1.86 bits per heavy atom. The maximum atomic E-state index is 10.8. The van der Waals surface area contributed by atoms with E-state index in [9.17, 15) is 10.1 Å². The molecule has 1 saturated carbocycles. The molecule has 21 heavy (non-hydrogen) atoms. The number of nitro groups is 1. The number of halogens is 1. The van der Waals surface area contributed by atoms with Crippen molar-refractivity contribution in [1.29, 1.82) is 0 Å². The van der Waals surface area contributed by atoms with E-state index in [-0.39, 0.29) is 10.7 Å². The van der Waals surface area contributed by atoms with Gasteiger partial charge in [0.25, 0.3) is 5.69 Å². The van der Waals surface area contributed by atoms with Crippen molar-refractivity contribution in [1.82, 2.24) is 0 Å². The number of benzene rings is 1. The number of nitro benzene ring substituents is 1. The second-order valence-electron chi connectivity index (χ2n) is 6.98. The van der Waals surface area contributed by atoms with Crippen LogP contribution in [-0.4, -0.2) is 11.0 Å². The van der Waals surface area contributed by atoms with E-state index in [1.54, 1.807) is 12.1 Å². The minimum atomic E-state index is -0.458. The number of nitrogens with one attached hydrogen (secondary N) is 1. The zero-order chi connectivity index (χ0) is 15.6. The topological polar surface area (TPSA) is 55.2 Å². The predicted octanol–water partition coefficient (Wildman–Crippen LogP) is 5.27. The van der Waals surface area contributed by atoms with Crippen molar-refractivity contribution in [2.75, 3.05) is 5.32 Å². The molecule has 0 aromatic heterocycles. The van der Waals surface area contributed by atoms with Gasteiger partial charge in [0.2, 0.25) is 0 Å². The van der Waals surface area contributed by atoms with Crippen molar-refractivity contribution in [2.45, 2.75) is 52.5 Å². The van der Waals surface area contributed by atoms with Crippen molar-refractivity contribution in [2.24, 2.45) is 11.3 Å². The largest absolute Gasteiger partial charge is 0.382 e. The molecular formula is C16H23ClN2O2. The highest BCUT2D eigenvalue weighted by Gasteiger charge is 2.29. The normalized spacial score (nSPS) is 22.9. The number of nitrogens with zero attached hydrogens (tertiary/aromatic N) is 1. The van der Waals surface area contributed by atoms with Crippen molar-refractivity contribution >= 4 is 23.0 Å². The van der Waals surface area contributed by atoms with Crippen LogP contribution in [-0.2, 0) is 0 Å². The summed E-state index contributed by atoms with van der Waals surface area (Å²) in [5, 5.41) is 14.4. The Hall–Kier alpha value is -1.29. The van der Waals surface area contributed by atoms with Crippen LogP contribution in [0.1, 0.15) is 46.5 Å². The third-order valence-electron chi connectivity index (χ3n) is 4.47. The van der Waals surface area contributed by atoms with Crippen LogP contribution < -0.4 is 5.32 Å². The van der Waals surface area contributed by atoms with E-state index < -0.39 is 4.92 Å². The van der Waals surface area contributed by atoms with Gasteiger partial charge in [0.15, 0.2) is 0 Å². The van der Waals surface area contributed by atoms with E-state index >= 15 is 0 Å². The molecule has 0 heterocycles. The SMILES string of the molecule is CC(C)(C)C1CCC(Nc2ccc([N+](=O)[O-])c(Cl)c2)CC1. The van der Waals surface area contributed by atoms with E-state index in [1.807, 2.05) is 0 Å². The average molecular weight is 311 g/mol. The van der Waals surface area contributed by atoms with Gasteiger partial charge in [-0.25, -0.2) is 0 Å². The lowest BCUT2D eigenvalue weighted by Crippen LogP contribution is -2.31. The smallest absolute Gasteiger partial charge is 0.288 e. The fourth-order valence-electron chi connectivity index (χ4n) is 3.08. The van der Waals surface area contributed by atoms with Crippen LogP contribution in [0, 0.1) is 21.4 Å². The van der Waals surface area contributed by atoms with Crippen molar-refractivity contribution in [3.05, 3.63) is 33.3 Å². The summed E-state index contributed by atoms with van der Waals surface area (Å²) < 4.78 is 0. The zero-order valence-electron chi connectivity index (χ0n) is 12.9. The first kappa shape index (κ1) is 16.1. The molecule has 0 saturated heterocycles. The molecule has 1 aromatic rings. The molecule has 0 unspecified atom stereocenters. The molecular weight excluding hydrogens is 288 g/mol. The zero-order valence-corrected chi connectivity index (χ0v) is 13.6. The lowest BCUT2D eigenvalue weighted by Gasteiger charge is -2.37. The molecule has 0 amide bonds. The molecule has 0 atom stereocenters. The van der Waals surface area contributed by atoms with Gasteiger partial charge in [0.05, 0.1) is 4.92 Å². The molecule has 2 rings (SSSR count). The van der Waals surface area contributed by atoms with E-state index in [2.05, 4.69) is 26.1 Å². The highest BCUT2D eigenvalue weighted by Crippen LogP contribution is 2.38. The lowest BCUT2D eigenvalue weighted by molar-refractivity contribution is -0.384. The van der Waals surface area contributed by atoms with Gasteiger partial charge >= 0.3 is 0 Å². The first-order valence-corrected chi connectivity index (χ1v) is 7.85. The molecule has 1 fully saturated rings. The first-order chi connectivity index (χ1) is 9.77. The maximum Gasteiger partial charge on any atom is 0.288 e. The van der Waals surface area contributed by atoms with Gasteiger partial charge in [-0.2, -0.15) is 0 Å². The van der Waals surface area contributed by atoms with Crippen LogP contribution >= 0.6 is 11.6 Å².